The van der Waals surface area contributed by atoms with E-state index in [1.54, 1.807) is 0 Å². The van der Waals surface area contributed by atoms with Gasteiger partial charge in [0, 0.05) is 26.2 Å². The second kappa shape index (κ2) is 7.31. The molecule has 1 saturated carbocycles. The number of hydrogen-bond donors (Lipinski definition) is 2. The van der Waals surface area contributed by atoms with Gasteiger partial charge in [-0.1, -0.05) is 12.8 Å². The van der Waals surface area contributed by atoms with Gasteiger partial charge in [0.2, 0.25) is 0 Å². The molecule has 0 aromatic heterocycles. The van der Waals surface area contributed by atoms with Gasteiger partial charge >= 0.3 is 0 Å². The lowest BCUT2D eigenvalue weighted by Gasteiger charge is -2.28. The molecule has 2 N–H and O–H groups in total. The third-order valence-corrected chi connectivity index (χ3v) is 3.62. The largest absolute Gasteiger partial charge is 0.390 e. The summed E-state index contributed by atoms with van der Waals surface area (Å²) in [5.41, 5.74) is 0. The van der Waals surface area contributed by atoms with Gasteiger partial charge in [-0.3, -0.25) is 4.90 Å². The van der Waals surface area contributed by atoms with E-state index in [-0.39, 0.29) is 6.10 Å². The molecule has 0 spiro atoms. The maximum atomic E-state index is 9.88. The highest BCUT2D eigenvalue weighted by atomic mass is 16.5. The highest BCUT2D eigenvalue weighted by Crippen LogP contribution is 2.33. The molecule has 4 nitrogen and oxygen atoms in total. The van der Waals surface area contributed by atoms with Crippen molar-refractivity contribution in [2.24, 2.45) is 5.92 Å². The first-order chi connectivity index (χ1) is 8.34. The minimum absolute atomic E-state index is 0.242. The molecule has 0 aromatic carbocycles. The number of aliphatic hydroxyl groups is 1. The van der Waals surface area contributed by atoms with Gasteiger partial charge < -0.3 is 15.2 Å². The lowest BCUT2D eigenvalue weighted by atomic mass is 10.2. The zero-order valence-electron chi connectivity index (χ0n) is 10.7. The van der Waals surface area contributed by atoms with E-state index >= 15 is 0 Å². The number of rotatable bonds is 8. The quantitative estimate of drug-likeness (QED) is 0.607. The van der Waals surface area contributed by atoms with E-state index in [0.29, 0.717) is 0 Å². The van der Waals surface area contributed by atoms with Gasteiger partial charge in [0.1, 0.15) is 0 Å². The first-order valence-electron chi connectivity index (χ1n) is 7.03. The van der Waals surface area contributed by atoms with Crippen molar-refractivity contribution in [2.45, 2.75) is 31.8 Å². The highest BCUT2D eigenvalue weighted by Gasteiger charge is 2.20. The molecule has 1 aliphatic carbocycles. The van der Waals surface area contributed by atoms with Gasteiger partial charge in [0.25, 0.3) is 0 Å². The third-order valence-electron chi connectivity index (χ3n) is 3.62. The van der Waals surface area contributed by atoms with E-state index in [2.05, 4.69) is 10.2 Å². The fourth-order valence-electron chi connectivity index (χ4n) is 2.34. The van der Waals surface area contributed by atoms with Crippen LogP contribution in [0.5, 0.6) is 0 Å². The van der Waals surface area contributed by atoms with Gasteiger partial charge in [-0.25, -0.2) is 0 Å². The van der Waals surface area contributed by atoms with Gasteiger partial charge in [-0.05, 0) is 25.3 Å². The molecule has 2 aliphatic rings. The smallest absolute Gasteiger partial charge is 0.0791 e. The number of aliphatic hydroxyl groups excluding tert-OH is 1. The zero-order valence-corrected chi connectivity index (χ0v) is 10.7. The molecule has 1 unspecified atom stereocenters. The predicted octanol–water partition coefficient (Wildman–Crippen LogP) is 0.459. The van der Waals surface area contributed by atoms with Crippen LogP contribution in [0, 0.1) is 5.92 Å². The molecule has 2 fully saturated rings. The summed E-state index contributed by atoms with van der Waals surface area (Å²) in [7, 11) is 0. The molecule has 0 bridgehead atoms. The third kappa shape index (κ3) is 5.82. The summed E-state index contributed by atoms with van der Waals surface area (Å²) in [4.78, 5) is 2.28. The van der Waals surface area contributed by atoms with E-state index in [4.69, 9.17) is 4.74 Å². The van der Waals surface area contributed by atoms with E-state index < -0.39 is 0 Å². The second-order valence-corrected chi connectivity index (χ2v) is 5.36. The molecule has 100 valence electrons. The summed E-state index contributed by atoms with van der Waals surface area (Å²) in [5.74, 6) is 1.02. The molecule has 0 amide bonds. The molecule has 2 rings (SSSR count). The van der Waals surface area contributed by atoms with Crippen LogP contribution >= 0.6 is 0 Å². The number of morpholine rings is 1. The summed E-state index contributed by atoms with van der Waals surface area (Å²) in [6, 6.07) is 0. The van der Waals surface area contributed by atoms with Gasteiger partial charge in [-0.2, -0.15) is 0 Å². The van der Waals surface area contributed by atoms with E-state index in [0.717, 1.165) is 51.9 Å². The van der Waals surface area contributed by atoms with Crippen LogP contribution in [0.2, 0.25) is 0 Å². The molecular formula is C13H26N2O2. The SMILES string of the molecule is OC(CNCCCC1CC1)CN1CCOCC1. The summed E-state index contributed by atoms with van der Waals surface area (Å²) in [6.07, 6.45) is 5.27. The number of nitrogens with one attached hydrogen (secondary N) is 1. The van der Waals surface area contributed by atoms with Crippen LogP contribution in [0.15, 0.2) is 0 Å². The van der Waals surface area contributed by atoms with Crippen LogP contribution < -0.4 is 5.32 Å². The lowest BCUT2D eigenvalue weighted by Crippen LogP contribution is -2.43. The molecule has 0 aromatic rings. The monoisotopic (exact) mass is 242 g/mol. The van der Waals surface area contributed by atoms with Crippen molar-refractivity contribution in [3.8, 4) is 0 Å². The van der Waals surface area contributed by atoms with Crippen molar-refractivity contribution in [1.82, 2.24) is 10.2 Å². The zero-order chi connectivity index (χ0) is 11.9. The van der Waals surface area contributed by atoms with Crippen molar-refractivity contribution < 1.29 is 9.84 Å². The van der Waals surface area contributed by atoms with E-state index in [9.17, 15) is 5.11 Å². The molecule has 1 aliphatic heterocycles. The number of nitrogens with zero attached hydrogens (tertiary/aromatic N) is 1. The molecule has 0 radical (unpaired) electrons. The Balaban J connectivity index is 1.43. The minimum atomic E-state index is -0.242. The Bertz CT molecular complexity index is 204. The van der Waals surface area contributed by atoms with Gasteiger partial charge in [-0.15, -0.1) is 0 Å². The second-order valence-electron chi connectivity index (χ2n) is 5.36. The summed E-state index contributed by atoms with van der Waals surface area (Å²) < 4.78 is 5.28. The van der Waals surface area contributed by atoms with E-state index in [1.165, 1.54) is 25.7 Å². The maximum absolute atomic E-state index is 9.88. The van der Waals surface area contributed by atoms with Crippen molar-refractivity contribution in [3.63, 3.8) is 0 Å². The summed E-state index contributed by atoms with van der Waals surface area (Å²) in [5, 5.41) is 13.2. The first-order valence-corrected chi connectivity index (χ1v) is 7.03. The molecule has 4 heteroatoms. The number of ether oxygens (including phenoxy) is 1. The molecule has 1 saturated heterocycles. The fraction of sp³-hybridized carbons (Fsp3) is 1.00. The average molecular weight is 242 g/mol. The van der Waals surface area contributed by atoms with Gasteiger partial charge in [0.05, 0.1) is 19.3 Å². The normalized spacial score (nSPS) is 23.8. The Hall–Kier alpha value is -0.160. The Labute approximate surface area is 104 Å². The average Bonchev–Trinajstić information content (AvgIpc) is 3.14. The standard InChI is InChI=1S/C13H26N2O2/c16-13(11-15-6-8-17-9-7-15)10-14-5-1-2-12-3-4-12/h12-14,16H,1-11H2. The first kappa shape index (κ1) is 13.3. The van der Waals surface area contributed by atoms with Crippen LogP contribution in [0.1, 0.15) is 25.7 Å². The molecule has 1 atom stereocenters. The molecule has 1 heterocycles. The number of β-amino-alcohol motifs (C(OH)–C–C–N with tert-alkyl or cyclic N) is 1. The predicted molar refractivity (Wildman–Crippen MR) is 68.1 cm³/mol. The Morgan fingerprint density at radius 3 is 2.76 bits per heavy atom. The minimum Gasteiger partial charge on any atom is -0.390 e. The topological polar surface area (TPSA) is 44.7 Å². The van der Waals surface area contributed by atoms with Crippen LogP contribution in [-0.2, 0) is 4.74 Å². The summed E-state index contributed by atoms with van der Waals surface area (Å²) >= 11 is 0. The van der Waals surface area contributed by atoms with Crippen LogP contribution in [0.3, 0.4) is 0 Å². The maximum Gasteiger partial charge on any atom is 0.0791 e. The van der Waals surface area contributed by atoms with Crippen molar-refractivity contribution in [3.05, 3.63) is 0 Å². The highest BCUT2D eigenvalue weighted by molar-refractivity contribution is 4.73. The van der Waals surface area contributed by atoms with Crippen LogP contribution in [0.4, 0.5) is 0 Å². The fourth-order valence-corrected chi connectivity index (χ4v) is 2.34. The lowest BCUT2D eigenvalue weighted by molar-refractivity contribution is 0.0149. The Kier molecular flexibility index (Phi) is 5.71. The Morgan fingerprint density at radius 1 is 1.29 bits per heavy atom. The van der Waals surface area contributed by atoms with Crippen molar-refractivity contribution in [2.75, 3.05) is 45.9 Å². The van der Waals surface area contributed by atoms with E-state index in [1.807, 2.05) is 0 Å². The van der Waals surface area contributed by atoms with Crippen molar-refractivity contribution in [1.29, 1.82) is 0 Å². The Morgan fingerprint density at radius 2 is 2.06 bits per heavy atom. The van der Waals surface area contributed by atoms with Gasteiger partial charge in [0.15, 0.2) is 0 Å². The molecular weight excluding hydrogens is 216 g/mol. The number of hydrogen-bond acceptors (Lipinski definition) is 4. The van der Waals surface area contributed by atoms with Crippen molar-refractivity contribution >= 4 is 0 Å². The summed E-state index contributed by atoms with van der Waals surface area (Å²) in [6.45, 7) is 6.08. The van der Waals surface area contributed by atoms with Crippen LogP contribution in [0.25, 0.3) is 0 Å². The van der Waals surface area contributed by atoms with Crippen LogP contribution in [-0.4, -0.2) is 62.0 Å². The molecule has 17 heavy (non-hydrogen) atoms.